The first-order valence-corrected chi connectivity index (χ1v) is 4.58. The van der Waals surface area contributed by atoms with Gasteiger partial charge in [0.2, 0.25) is 0 Å². The van der Waals surface area contributed by atoms with Crippen LogP contribution in [0.5, 0.6) is 0 Å². The van der Waals surface area contributed by atoms with Crippen LogP contribution in [-0.2, 0) is 6.18 Å². The fraction of sp³-hybridized carbons (Fsp3) is 0.100. The molecule has 15 heavy (non-hydrogen) atoms. The fourth-order valence-electron chi connectivity index (χ4n) is 1.30. The van der Waals surface area contributed by atoms with Crippen LogP contribution in [0.3, 0.4) is 0 Å². The zero-order valence-corrected chi connectivity index (χ0v) is 8.31. The molecule has 0 fully saturated rings. The van der Waals surface area contributed by atoms with Crippen LogP contribution >= 0.6 is 12.6 Å². The summed E-state index contributed by atoms with van der Waals surface area (Å²) in [5.74, 6) is 0. The van der Waals surface area contributed by atoms with E-state index in [4.69, 9.17) is 0 Å². The molecular weight excluding hydrogens is 223 g/mol. The molecule has 1 aromatic carbocycles. The number of fused-ring (bicyclic) bond motifs is 1. The van der Waals surface area contributed by atoms with Gasteiger partial charge in [0.1, 0.15) is 0 Å². The van der Waals surface area contributed by atoms with Crippen LogP contribution in [0.2, 0.25) is 0 Å². The van der Waals surface area contributed by atoms with Gasteiger partial charge in [-0.15, -0.1) is 12.6 Å². The number of rotatable bonds is 0. The summed E-state index contributed by atoms with van der Waals surface area (Å²) >= 11 is 4.11. The van der Waals surface area contributed by atoms with Gasteiger partial charge in [-0.25, -0.2) is 0 Å². The smallest absolute Gasteiger partial charge is 0.254 e. The Morgan fingerprint density at radius 2 is 1.93 bits per heavy atom. The van der Waals surface area contributed by atoms with Crippen molar-refractivity contribution in [1.82, 2.24) is 4.98 Å². The van der Waals surface area contributed by atoms with Crippen molar-refractivity contribution < 1.29 is 13.2 Å². The van der Waals surface area contributed by atoms with E-state index in [1.165, 1.54) is 0 Å². The summed E-state index contributed by atoms with van der Waals surface area (Å²) in [4.78, 5) is 4.32. The Balaban J connectivity index is 2.68. The molecule has 0 amide bonds. The van der Waals surface area contributed by atoms with Crippen molar-refractivity contribution in [2.75, 3.05) is 0 Å². The van der Waals surface area contributed by atoms with E-state index in [0.29, 0.717) is 15.8 Å². The molecule has 2 aromatic rings. The molecule has 78 valence electrons. The van der Waals surface area contributed by atoms with Gasteiger partial charge in [-0.3, -0.25) is 4.98 Å². The quantitative estimate of drug-likeness (QED) is 0.682. The van der Waals surface area contributed by atoms with Crippen LogP contribution in [-0.4, -0.2) is 4.98 Å². The molecule has 1 heterocycles. The number of hydrogen-bond donors (Lipinski definition) is 1. The van der Waals surface area contributed by atoms with E-state index in [-0.39, 0.29) is 0 Å². The Morgan fingerprint density at radius 1 is 1.20 bits per heavy atom. The van der Waals surface area contributed by atoms with E-state index in [9.17, 15) is 13.2 Å². The molecule has 0 bridgehead atoms. The number of alkyl halides is 3. The summed E-state index contributed by atoms with van der Waals surface area (Å²) in [6.45, 7) is 0. The van der Waals surface area contributed by atoms with E-state index in [0.717, 1.165) is 12.3 Å². The molecular formula is C10H6F3NS. The third-order valence-corrected chi connectivity index (χ3v) is 2.38. The minimum absolute atomic E-state index is 0.442. The zero-order chi connectivity index (χ0) is 11.1. The first kappa shape index (κ1) is 10.3. The number of hydrogen-bond acceptors (Lipinski definition) is 2. The molecule has 0 atom stereocenters. The fourth-order valence-corrected chi connectivity index (χ4v) is 1.57. The SMILES string of the molecule is FC(F)(F)c1cnc2c(S)cccc2c1. The van der Waals surface area contributed by atoms with Crippen molar-refractivity contribution in [2.45, 2.75) is 11.1 Å². The van der Waals surface area contributed by atoms with E-state index in [2.05, 4.69) is 17.6 Å². The lowest BCUT2D eigenvalue weighted by Crippen LogP contribution is -2.05. The second kappa shape index (κ2) is 3.41. The Labute approximate surface area is 89.3 Å². The molecule has 5 heteroatoms. The number of pyridine rings is 1. The van der Waals surface area contributed by atoms with Crippen molar-refractivity contribution in [1.29, 1.82) is 0 Å². The predicted octanol–water partition coefficient (Wildman–Crippen LogP) is 3.54. The molecule has 0 saturated carbocycles. The summed E-state index contributed by atoms with van der Waals surface area (Å²) in [6.07, 6.45) is -3.53. The molecule has 0 saturated heterocycles. The Morgan fingerprint density at radius 3 is 2.60 bits per heavy atom. The molecule has 0 unspecified atom stereocenters. The van der Waals surface area contributed by atoms with E-state index >= 15 is 0 Å². The standard InChI is InChI=1S/C10H6F3NS/c11-10(12,13)7-4-6-2-1-3-8(15)9(6)14-5-7/h1-5,15H. The van der Waals surface area contributed by atoms with Crippen molar-refractivity contribution in [2.24, 2.45) is 0 Å². The van der Waals surface area contributed by atoms with Gasteiger partial charge in [0.25, 0.3) is 0 Å². The van der Waals surface area contributed by atoms with E-state index in [1.807, 2.05) is 0 Å². The van der Waals surface area contributed by atoms with Crippen molar-refractivity contribution >= 4 is 23.5 Å². The van der Waals surface area contributed by atoms with Crippen LogP contribution in [0.1, 0.15) is 5.56 Å². The molecule has 2 rings (SSSR count). The molecule has 0 radical (unpaired) electrons. The molecule has 1 aromatic heterocycles. The largest absolute Gasteiger partial charge is 0.417 e. The van der Waals surface area contributed by atoms with Gasteiger partial charge in [-0.2, -0.15) is 13.2 Å². The average molecular weight is 229 g/mol. The maximum absolute atomic E-state index is 12.4. The van der Waals surface area contributed by atoms with E-state index in [1.54, 1.807) is 18.2 Å². The van der Waals surface area contributed by atoms with Crippen LogP contribution in [0, 0.1) is 0 Å². The highest BCUT2D eigenvalue weighted by Crippen LogP contribution is 2.31. The second-order valence-electron chi connectivity index (χ2n) is 3.07. The highest BCUT2D eigenvalue weighted by Gasteiger charge is 2.31. The lowest BCUT2D eigenvalue weighted by atomic mass is 10.1. The van der Waals surface area contributed by atoms with Crippen molar-refractivity contribution in [3.05, 3.63) is 36.0 Å². The Bertz CT molecular complexity index is 507. The predicted molar refractivity (Wildman–Crippen MR) is 54.0 cm³/mol. The molecule has 0 aliphatic rings. The third-order valence-electron chi connectivity index (χ3n) is 2.02. The van der Waals surface area contributed by atoms with Gasteiger partial charge < -0.3 is 0 Å². The summed E-state index contributed by atoms with van der Waals surface area (Å²) in [5, 5.41) is 0.442. The molecule has 0 N–H and O–H groups in total. The van der Waals surface area contributed by atoms with E-state index < -0.39 is 11.7 Å². The van der Waals surface area contributed by atoms with Crippen LogP contribution in [0.15, 0.2) is 35.4 Å². The normalized spacial score (nSPS) is 12.0. The number of benzene rings is 1. The number of para-hydroxylation sites is 1. The number of aromatic nitrogens is 1. The number of thiol groups is 1. The average Bonchev–Trinajstić information content (AvgIpc) is 2.16. The monoisotopic (exact) mass is 229 g/mol. The van der Waals surface area contributed by atoms with Gasteiger partial charge in [0, 0.05) is 16.5 Å². The summed E-state index contributed by atoms with van der Waals surface area (Å²) in [6, 6.07) is 5.98. The zero-order valence-electron chi connectivity index (χ0n) is 7.42. The summed E-state index contributed by atoms with van der Waals surface area (Å²) in [5.41, 5.74) is -0.261. The minimum Gasteiger partial charge on any atom is -0.254 e. The first-order valence-electron chi connectivity index (χ1n) is 4.13. The van der Waals surface area contributed by atoms with Crippen LogP contribution in [0.25, 0.3) is 10.9 Å². The highest BCUT2D eigenvalue weighted by molar-refractivity contribution is 7.80. The number of halogens is 3. The van der Waals surface area contributed by atoms with Crippen LogP contribution < -0.4 is 0 Å². The Kier molecular flexibility index (Phi) is 2.34. The van der Waals surface area contributed by atoms with Gasteiger partial charge in [-0.1, -0.05) is 12.1 Å². The van der Waals surface area contributed by atoms with Crippen molar-refractivity contribution in [3.63, 3.8) is 0 Å². The van der Waals surface area contributed by atoms with Crippen LogP contribution in [0.4, 0.5) is 13.2 Å². The lowest BCUT2D eigenvalue weighted by molar-refractivity contribution is -0.137. The lowest BCUT2D eigenvalue weighted by Gasteiger charge is -2.07. The minimum atomic E-state index is -4.35. The van der Waals surface area contributed by atoms with Gasteiger partial charge in [-0.05, 0) is 12.1 Å². The summed E-state index contributed by atoms with van der Waals surface area (Å²) < 4.78 is 37.1. The molecule has 0 aliphatic heterocycles. The first-order chi connectivity index (χ1) is 6.98. The molecule has 0 spiro atoms. The summed E-state index contributed by atoms with van der Waals surface area (Å²) in [7, 11) is 0. The molecule has 0 aliphatic carbocycles. The molecule has 1 nitrogen and oxygen atoms in total. The topological polar surface area (TPSA) is 12.9 Å². The van der Waals surface area contributed by atoms with Gasteiger partial charge >= 0.3 is 6.18 Å². The maximum Gasteiger partial charge on any atom is 0.417 e. The van der Waals surface area contributed by atoms with Crippen molar-refractivity contribution in [3.8, 4) is 0 Å². The van der Waals surface area contributed by atoms with Gasteiger partial charge in [0.15, 0.2) is 0 Å². The van der Waals surface area contributed by atoms with Gasteiger partial charge in [0.05, 0.1) is 11.1 Å². The number of nitrogens with zero attached hydrogens (tertiary/aromatic N) is 1. The third kappa shape index (κ3) is 1.92. The maximum atomic E-state index is 12.4. The Hall–Kier alpha value is -1.23. The second-order valence-corrected chi connectivity index (χ2v) is 3.55. The highest BCUT2D eigenvalue weighted by atomic mass is 32.1.